The van der Waals surface area contributed by atoms with Crippen LogP contribution in [-0.4, -0.2) is 30.5 Å². The molecule has 2 aromatic rings. The number of esters is 1. The van der Waals surface area contributed by atoms with Crippen LogP contribution in [0, 0.1) is 5.82 Å². The Morgan fingerprint density at radius 1 is 1.45 bits per heavy atom. The molecule has 22 heavy (non-hydrogen) atoms. The monoisotopic (exact) mass is 343 g/mol. The summed E-state index contributed by atoms with van der Waals surface area (Å²) >= 11 is 6.88. The maximum atomic E-state index is 12.9. The molecule has 1 aromatic heterocycles. The lowest BCUT2D eigenvalue weighted by Crippen LogP contribution is -2.20. The van der Waals surface area contributed by atoms with Crippen LogP contribution >= 0.6 is 22.9 Å². The van der Waals surface area contributed by atoms with Gasteiger partial charge in [0.15, 0.2) is 11.7 Å². The first-order chi connectivity index (χ1) is 10.5. The Labute approximate surface area is 134 Å². The lowest BCUT2D eigenvalue weighted by atomic mass is 10.3. The third kappa shape index (κ3) is 4.15. The van der Waals surface area contributed by atoms with E-state index in [0.717, 1.165) is 23.5 Å². The molecule has 0 spiro atoms. The number of amides is 1. The second-order valence-electron chi connectivity index (χ2n) is 4.03. The van der Waals surface area contributed by atoms with Crippen molar-refractivity contribution >= 4 is 45.6 Å². The first-order valence-electron chi connectivity index (χ1n) is 6.05. The number of benzene rings is 1. The van der Waals surface area contributed by atoms with Gasteiger partial charge < -0.3 is 15.4 Å². The van der Waals surface area contributed by atoms with Crippen molar-refractivity contribution in [3.8, 4) is 0 Å². The zero-order chi connectivity index (χ0) is 16.1. The van der Waals surface area contributed by atoms with E-state index in [1.165, 1.54) is 12.3 Å². The standard InChI is InChI=1S/C13H11ClFN3O3S/c1-16-13-17-5-10(22-13)12(20)21-6-11(19)18-9-3-2-7(15)4-8(9)14/h2-5H,6H2,1H3,(H,16,17)(H,18,19). The van der Waals surface area contributed by atoms with E-state index in [2.05, 4.69) is 15.6 Å². The van der Waals surface area contributed by atoms with Crippen molar-refractivity contribution < 1.29 is 18.7 Å². The summed E-state index contributed by atoms with van der Waals surface area (Å²) in [4.78, 5) is 27.6. The van der Waals surface area contributed by atoms with E-state index >= 15 is 0 Å². The number of rotatable bonds is 5. The van der Waals surface area contributed by atoms with E-state index in [1.54, 1.807) is 7.05 Å². The summed E-state index contributed by atoms with van der Waals surface area (Å²) in [6.45, 7) is -0.487. The molecule has 0 fully saturated rings. The van der Waals surface area contributed by atoms with Gasteiger partial charge in [-0.15, -0.1) is 0 Å². The number of nitrogens with one attached hydrogen (secondary N) is 2. The average Bonchev–Trinajstić information content (AvgIpc) is 2.97. The van der Waals surface area contributed by atoms with Gasteiger partial charge in [0.1, 0.15) is 10.7 Å². The van der Waals surface area contributed by atoms with Gasteiger partial charge in [0.25, 0.3) is 5.91 Å². The van der Waals surface area contributed by atoms with Gasteiger partial charge in [-0.2, -0.15) is 0 Å². The fourth-order valence-corrected chi connectivity index (χ4v) is 2.34. The third-order valence-electron chi connectivity index (χ3n) is 2.46. The molecule has 2 N–H and O–H groups in total. The molecule has 1 heterocycles. The van der Waals surface area contributed by atoms with Crippen LogP contribution in [0.1, 0.15) is 9.67 Å². The second kappa shape index (κ2) is 7.19. The molecule has 0 aliphatic heterocycles. The van der Waals surface area contributed by atoms with Crippen molar-refractivity contribution in [2.75, 3.05) is 24.3 Å². The number of carbonyl (C=O) groups is 2. The molecule has 1 aromatic carbocycles. The zero-order valence-electron chi connectivity index (χ0n) is 11.4. The van der Waals surface area contributed by atoms with Gasteiger partial charge in [0.2, 0.25) is 0 Å². The van der Waals surface area contributed by atoms with Gasteiger partial charge in [-0.1, -0.05) is 22.9 Å². The highest BCUT2D eigenvalue weighted by molar-refractivity contribution is 7.17. The number of hydrogen-bond acceptors (Lipinski definition) is 6. The van der Waals surface area contributed by atoms with Crippen molar-refractivity contribution in [2.45, 2.75) is 0 Å². The van der Waals surface area contributed by atoms with Crippen LogP contribution in [-0.2, 0) is 9.53 Å². The minimum atomic E-state index is -0.653. The van der Waals surface area contributed by atoms with E-state index in [1.807, 2.05) is 0 Å². The predicted molar refractivity (Wildman–Crippen MR) is 82.0 cm³/mol. The fraction of sp³-hybridized carbons (Fsp3) is 0.154. The van der Waals surface area contributed by atoms with Crippen molar-refractivity contribution in [2.24, 2.45) is 0 Å². The molecule has 0 atom stereocenters. The Balaban J connectivity index is 1.88. The van der Waals surface area contributed by atoms with Gasteiger partial charge in [0.05, 0.1) is 16.9 Å². The number of aromatic nitrogens is 1. The topological polar surface area (TPSA) is 80.3 Å². The Morgan fingerprint density at radius 2 is 2.23 bits per heavy atom. The first-order valence-corrected chi connectivity index (χ1v) is 7.24. The molecule has 0 radical (unpaired) electrons. The molecule has 0 aliphatic rings. The largest absolute Gasteiger partial charge is 0.451 e. The molecule has 9 heteroatoms. The van der Waals surface area contributed by atoms with Gasteiger partial charge in [-0.05, 0) is 18.2 Å². The van der Waals surface area contributed by atoms with Crippen molar-refractivity contribution in [3.63, 3.8) is 0 Å². The van der Waals surface area contributed by atoms with E-state index < -0.39 is 24.3 Å². The summed E-state index contributed by atoms with van der Waals surface area (Å²) in [6.07, 6.45) is 1.35. The highest BCUT2D eigenvalue weighted by Gasteiger charge is 2.14. The van der Waals surface area contributed by atoms with Crippen LogP contribution in [0.15, 0.2) is 24.4 Å². The summed E-state index contributed by atoms with van der Waals surface area (Å²) in [6, 6.07) is 3.55. The summed E-state index contributed by atoms with van der Waals surface area (Å²) in [5.74, 6) is -1.75. The molecule has 0 aliphatic carbocycles. The quantitative estimate of drug-likeness (QED) is 0.816. The molecular weight excluding hydrogens is 333 g/mol. The SMILES string of the molecule is CNc1ncc(C(=O)OCC(=O)Nc2ccc(F)cc2Cl)s1. The maximum Gasteiger partial charge on any atom is 0.350 e. The minimum Gasteiger partial charge on any atom is -0.451 e. The lowest BCUT2D eigenvalue weighted by Gasteiger charge is -2.07. The highest BCUT2D eigenvalue weighted by Crippen LogP contribution is 2.22. The van der Waals surface area contributed by atoms with Gasteiger partial charge >= 0.3 is 5.97 Å². The molecule has 6 nitrogen and oxygen atoms in total. The predicted octanol–water partition coefficient (Wildman–Crippen LogP) is 2.77. The number of thiazole rings is 1. The summed E-state index contributed by atoms with van der Waals surface area (Å²) < 4.78 is 17.7. The van der Waals surface area contributed by atoms with Crippen molar-refractivity contribution in [1.29, 1.82) is 0 Å². The van der Waals surface area contributed by atoms with Crippen LogP contribution in [0.3, 0.4) is 0 Å². The van der Waals surface area contributed by atoms with Gasteiger partial charge in [-0.25, -0.2) is 14.2 Å². The first kappa shape index (κ1) is 16.2. The zero-order valence-corrected chi connectivity index (χ0v) is 12.9. The fourth-order valence-electron chi connectivity index (χ4n) is 1.46. The normalized spacial score (nSPS) is 10.1. The average molecular weight is 344 g/mol. The number of anilines is 2. The van der Waals surface area contributed by atoms with Crippen LogP contribution < -0.4 is 10.6 Å². The summed E-state index contributed by atoms with van der Waals surface area (Å²) in [5, 5.41) is 5.83. The van der Waals surface area contributed by atoms with Crippen molar-refractivity contribution in [3.05, 3.63) is 40.1 Å². The molecular formula is C13H11ClFN3O3S. The van der Waals surface area contributed by atoms with E-state index in [4.69, 9.17) is 16.3 Å². The summed E-state index contributed by atoms with van der Waals surface area (Å²) in [5.41, 5.74) is 0.236. The Hall–Kier alpha value is -2.19. The number of hydrogen-bond donors (Lipinski definition) is 2. The van der Waals surface area contributed by atoms with Crippen LogP contribution in [0.2, 0.25) is 5.02 Å². The smallest absolute Gasteiger partial charge is 0.350 e. The molecule has 1 amide bonds. The maximum absolute atomic E-state index is 12.9. The highest BCUT2D eigenvalue weighted by atomic mass is 35.5. The number of nitrogens with zero attached hydrogens (tertiary/aromatic N) is 1. The third-order valence-corrected chi connectivity index (χ3v) is 3.77. The van der Waals surface area contributed by atoms with E-state index in [0.29, 0.717) is 5.13 Å². The molecule has 0 unspecified atom stereocenters. The number of carbonyl (C=O) groups excluding carboxylic acids is 2. The molecule has 0 bridgehead atoms. The Bertz CT molecular complexity index is 708. The summed E-state index contributed by atoms with van der Waals surface area (Å²) in [7, 11) is 1.67. The van der Waals surface area contributed by atoms with Crippen LogP contribution in [0.25, 0.3) is 0 Å². The van der Waals surface area contributed by atoms with Gasteiger partial charge in [-0.3, -0.25) is 4.79 Å². The van der Waals surface area contributed by atoms with Crippen LogP contribution in [0.4, 0.5) is 15.2 Å². The lowest BCUT2D eigenvalue weighted by molar-refractivity contribution is -0.119. The second-order valence-corrected chi connectivity index (χ2v) is 5.47. The molecule has 0 saturated heterocycles. The van der Waals surface area contributed by atoms with Gasteiger partial charge in [0, 0.05) is 7.05 Å². The Morgan fingerprint density at radius 3 is 2.86 bits per heavy atom. The number of ether oxygens (including phenoxy) is 1. The Kier molecular flexibility index (Phi) is 5.29. The molecule has 2 rings (SSSR count). The minimum absolute atomic E-state index is 0.0563. The van der Waals surface area contributed by atoms with E-state index in [-0.39, 0.29) is 15.6 Å². The van der Waals surface area contributed by atoms with E-state index in [9.17, 15) is 14.0 Å². The number of halogens is 2. The molecule has 0 saturated carbocycles. The molecule has 116 valence electrons. The van der Waals surface area contributed by atoms with Crippen LogP contribution in [0.5, 0.6) is 0 Å². The van der Waals surface area contributed by atoms with Crippen molar-refractivity contribution in [1.82, 2.24) is 4.98 Å².